The van der Waals surface area contributed by atoms with Crippen molar-refractivity contribution in [1.29, 1.82) is 0 Å². The molecule has 1 N–H and O–H groups in total. The van der Waals surface area contributed by atoms with Crippen LogP contribution in [0.5, 0.6) is 0 Å². The van der Waals surface area contributed by atoms with E-state index in [2.05, 4.69) is 29.4 Å². The number of hydrogen-bond acceptors (Lipinski definition) is 3. The molecule has 16 heavy (non-hydrogen) atoms. The average Bonchev–Trinajstić information content (AvgIpc) is 2.73. The molecule has 0 radical (unpaired) electrons. The van der Waals surface area contributed by atoms with Gasteiger partial charge in [-0.15, -0.1) is 11.3 Å². The molecule has 2 aromatic rings. The van der Waals surface area contributed by atoms with E-state index in [-0.39, 0.29) is 0 Å². The minimum Gasteiger partial charge on any atom is -0.304 e. The highest BCUT2D eigenvalue weighted by atomic mass is 35.5. The van der Waals surface area contributed by atoms with Crippen LogP contribution in [0.1, 0.15) is 23.5 Å². The maximum Gasteiger partial charge on any atom is 0.113 e. The molecule has 1 aromatic heterocycles. The maximum atomic E-state index is 5.82. The van der Waals surface area contributed by atoms with Crippen LogP contribution in [0.15, 0.2) is 36.5 Å². The third kappa shape index (κ3) is 3.04. The second-order valence-electron chi connectivity index (χ2n) is 3.57. The molecule has 0 aliphatic rings. The van der Waals surface area contributed by atoms with Gasteiger partial charge in [-0.05, 0) is 12.5 Å². The summed E-state index contributed by atoms with van der Waals surface area (Å²) in [5, 5.41) is 4.44. The summed E-state index contributed by atoms with van der Waals surface area (Å²) in [6, 6.07) is 10.7. The highest BCUT2D eigenvalue weighted by Gasteiger charge is 2.05. The van der Waals surface area contributed by atoms with Crippen LogP contribution in [0.3, 0.4) is 0 Å². The largest absolute Gasteiger partial charge is 0.304 e. The van der Waals surface area contributed by atoms with Gasteiger partial charge < -0.3 is 5.32 Å². The minimum atomic E-state index is 0.323. The number of nitrogens with zero attached hydrogens (tertiary/aromatic N) is 1. The van der Waals surface area contributed by atoms with E-state index in [1.807, 2.05) is 18.2 Å². The minimum absolute atomic E-state index is 0.323. The molecule has 1 aromatic carbocycles. The third-order valence-electron chi connectivity index (χ3n) is 2.38. The number of rotatable bonds is 4. The average molecular weight is 253 g/mol. The van der Waals surface area contributed by atoms with E-state index in [4.69, 9.17) is 11.6 Å². The van der Waals surface area contributed by atoms with Crippen molar-refractivity contribution in [3.63, 3.8) is 0 Å². The van der Waals surface area contributed by atoms with Crippen molar-refractivity contribution in [3.05, 3.63) is 51.4 Å². The van der Waals surface area contributed by atoms with Crippen molar-refractivity contribution in [1.82, 2.24) is 10.3 Å². The zero-order valence-electron chi connectivity index (χ0n) is 8.98. The highest BCUT2D eigenvalue weighted by Crippen LogP contribution is 2.19. The van der Waals surface area contributed by atoms with Crippen molar-refractivity contribution in [2.45, 2.75) is 19.5 Å². The first-order valence-electron chi connectivity index (χ1n) is 5.14. The predicted octanol–water partition coefficient (Wildman–Crippen LogP) is 3.65. The van der Waals surface area contributed by atoms with E-state index in [1.54, 1.807) is 6.20 Å². The SMILES string of the molecule is CC(NCc1ncc(Cl)s1)c1ccccc1. The van der Waals surface area contributed by atoms with Gasteiger partial charge in [0.15, 0.2) is 0 Å². The Labute approximate surface area is 104 Å². The van der Waals surface area contributed by atoms with Crippen molar-refractivity contribution >= 4 is 22.9 Å². The first-order chi connectivity index (χ1) is 7.75. The molecule has 1 heterocycles. The molecule has 1 atom stereocenters. The Kier molecular flexibility index (Phi) is 3.93. The van der Waals surface area contributed by atoms with Gasteiger partial charge in [-0.1, -0.05) is 41.9 Å². The van der Waals surface area contributed by atoms with Crippen LogP contribution in [0, 0.1) is 0 Å². The topological polar surface area (TPSA) is 24.9 Å². The number of hydrogen-bond donors (Lipinski definition) is 1. The van der Waals surface area contributed by atoms with Gasteiger partial charge in [-0.3, -0.25) is 0 Å². The van der Waals surface area contributed by atoms with Crippen LogP contribution in [0.4, 0.5) is 0 Å². The van der Waals surface area contributed by atoms with Gasteiger partial charge in [0.1, 0.15) is 9.34 Å². The Morgan fingerprint density at radius 3 is 2.75 bits per heavy atom. The Morgan fingerprint density at radius 1 is 1.38 bits per heavy atom. The Bertz CT molecular complexity index is 441. The standard InChI is InChI=1S/C12H13ClN2S/c1-9(10-5-3-2-4-6-10)14-8-12-15-7-11(13)16-12/h2-7,9,14H,8H2,1H3. The van der Waals surface area contributed by atoms with E-state index in [0.29, 0.717) is 6.04 Å². The fourth-order valence-electron chi connectivity index (χ4n) is 1.47. The highest BCUT2D eigenvalue weighted by molar-refractivity contribution is 7.15. The summed E-state index contributed by atoms with van der Waals surface area (Å²) < 4.78 is 0.740. The van der Waals surface area contributed by atoms with E-state index >= 15 is 0 Å². The zero-order valence-corrected chi connectivity index (χ0v) is 10.6. The summed E-state index contributed by atoms with van der Waals surface area (Å²) in [5.74, 6) is 0. The molecule has 0 spiro atoms. The van der Waals surface area contributed by atoms with Crippen LogP contribution in [0.25, 0.3) is 0 Å². The molecule has 0 fully saturated rings. The molecule has 0 bridgehead atoms. The van der Waals surface area contributed by atoms with Gasteiger partial charge in [0.25, 0.3) is 0 Å². The van der Waals surface area contributed by atoms with Crippen LogP contribution < -0.4 is 5.32 Å². The molecule has 84 valence electrons. The summed E-state index contributed by atoms with van der Waals surface area (Å²) in [6.45, 7) is 2.90. The quantitative estimate of drug-likeness (QED) is 0.899. The number of halogens is 1. The summed E-state index contributed by atoms with van der Waals surface area (Å²) in [7, 11) is 0. The maximum absolute atomic E-state index is 5.82. The molecular weight excluding hydrogens is 240 g/mol. The lowest BCUT2D eigenvalue weighted by molar-refractivity contribution is 0.573. The number of benzene rings is 1. The smallest absolute Gasteiger partial charge is 0.113 e. The molecule has 2 nitrogen and oxygen atoms in total. The molecule has 4 heteroatoms. The number of nitrogens with one attached hydrogen (secondary N) is 1. The summed E-state index contributed by atoms with van der Waals surface area (Å²) in [6.07, 6.45) is 1.69. The lowest BCUT2D eigenvalue weighted by Gasteiger charge is -2.12. The fourth-order valence-corrected chi connectivity index (χ4v) is 2.38. The van der Waals surface area contributed by atoms with E-state index in [9.17, 15) is 0 Å². The van der Waals surface area contributed by atoms with Crippen molar-refractivity contribution in [3.8, 4) is 0 Å². The Hall–Kier alpha value is -0.900. The molecular formula is C12H13ClN2S. The monoisotopic (exact) mass is 252 g/mol. The molecule has 2 rings (SSSR count). The predicted molar refractivity (Wildman–Crippen MR) is 68.8 cm³/mol. The van der Waals surface area contributed by atoms with E-state index in [1.165, 1.54) is 16.9 Å². The normalized spacial score (nSPS) is 12.6. The molecule has 1 unspecified atom stereocenters. The molecule has 0 aliphatic carbocycles. The van der Waals surface area contributed by atoms with Crippen molar-refractivity contribution in [2.24, 2.45) is 0 Å². The fraction of sp³-hybridized carbons (Fsp3) is 0.250. The summed E-state index contributed by atoms with van der Waals surface area (Å²) >= 11 is 7.34. The van der Waals surface area contributed by atoms with Crippen LogP contribution in [-0.4, -0.2) is 4.98 Å². The second-order valence-corrected chi connectivity index (χ2v) is 5.32. The first kappa shape index (κ1) is 11.6. The summed E-state index contributed by atoms with van der Waals surface area (Å²) in [4.78, 5) is 4.21. The van der Waals surface area contributed by atoms with Crippen LogP contribution in [0.2, 0.25) is 4.34 Å². The molecule has 0 saturated carbocycles. The van der Waals surface area contributed by atoms with Gasteiger partial charge in [0.05, 0.1) is 6.20 Å². The summed E-state index contributed by atoms with van der Waals surface area (Å²) in [5.41, 5.74) is 1.28. The molecule has 0 aliphatic heterocycles. The Balaban J connectivity index is 1.91. The van der Waals surface area contributed by atoms with Gasteiger partial charge in [-0.2, -0.15) is 0 Å². The van der Waals surface area contributed by atoms with Gasteiger partial charge in [-0.25, -0.2) is 4.98 Å². The van der Waals surface area contributed by atoms with Crippen LogP contribution in [-0.2, 0) is 6.54 Å². The molecule has 0 saturated heterocycles. The van der Waals surface area contributed by atoms with Gasteiger partial charge >= 0.3 is 0 Å². The zero-order chi connectivity index (χ0) is 11.4. The van der Waals surface area contributed by atoms with Crippen molar-refractivity contribution < 1.29 is 0 Å². The number of aromatic nitrogens is 1. The van der Waals surface area contributed by atoms with Gasteiger partial charge in [0, 0.05) is 12.6 Å². The van der Waals surface area contributed by atoms with Crippen molar-refractivity contribution in [2.75, 3.05) is 0 Å². The lowest BCUT2D eigenvalue weighted by atomic mass is 10.1. The van der Waals surface area contributed by atoms with Gasteiger partial charge in [0.2, 0.25) is 0 Å². The molecule has 0 amide bonds. The number of thiazole rings is 1. The lowest BCUT2D eigenvalue weighted by Crippen LogP contribution is -2.17. The van der Waals surface area contributed by atoms with E-state index < -0.39 is 0 Å². The van der Waals surface area contributed by atoms with E-state index in [0.717, 1.165) is 15.9 Å². The van der Waals surface area contributed by atoms with Crippen LogP contribution >= 0.6 is 22.9 Å². The third-order valence-corrected chi connectivity index (χ3v) is 3.50. The first-order valence-corrected chi connectivity index (χ1v) is 6.33. The Morgan fingerprint density at radius 2 is 2.12 bits per heavy atom. The second kappa shape index (κ2) is 5.43.